The number of rotatable bonds is 7. The van der Waals surface area contributed by atoms with Gasteiger partial charge in [-0.3, -0.25) is 4.79 Å². The zero-order valence-electron chi connectivity index (χ0n) is 19.4. The number of aromatic nitrogens is 4. The van der Waals surface area contributed by atoms with Gasteiger partial charge in [-0.1, -0.05) is 22.4 Å². The van der Waals surface area contributed by atoms with Gasteiger partial charge >= 0.3 is 6.18 Å². The van der Waals surface area contributed by atoms with Crippen LogP contribution in [0.2, 0.25) is 0 Å². The first-order valence-electron chi connectivity index (χ1n) is 11.3. The average Bonchev–Trinajstić information content (AvgIpc) is 3.59. The molecule has 2 atom stereocenters. The summed E-state index contributed by atoms with van der Waals surface area (Å²) in [6, 6.07) is 4.50. The number of carbonyl (C=O) groups is 1. The molecule has 4 heterocycles. The number of piperidine rings is 1. The quantitative estimate of drug-likeness (QED) is 0.338. The van der Waals surface area contributed by atoms with E-state index >= 15 is 0 Å². The Kier molecular flexibility index (Phi) is 6.81. The van der Waals surface area contributed by atoms with Crippen LogP contribution in [-0.2, 0) is 13.0 Å². The highest BCUT2D eigenvalue weighted by molar-refractivity contribution is 7.23. The first kappa shape index (κ1) is 25.1. The Morgan fingerprint density at radius 3 is 2.86 bits per heavy atom. The highest BCUT2D eigenvalue weighted by atomic mass is 32.1. The minimum Gasteiger partial charge on any atom is -0.378 e. The van der Waals surface area contributed by atoms with E-state index in [0.717, 1.165) is 17.5 Å². The van der Waals surface area contributed by atoms with Crippen molar-refractivity contribution in [3.63, 3.8) is 0 Å². The highest BCUT2D eigenvalue weighted by Crippen LogP contribution is 2.43. The van der Waals surface area contributed by atoms with Crippen LogP contribution >= 0.6 is 11.3 Å². The molecule has 1 aliphatic rings. The summed E-state index contributed by atoms with van der Waals surface area (Å²) in [6.45, 7) is 0.801. The number of benzene rings is 1. The van der Waals surface area contributed by atoms with Crippen LogP contribution in [0.3, 0.4) is 0 Å². The van der Waals surface area contributed by atoms with Gasteiger partial charge in [-0.2, -0.15) is 18.2 Å². The number of nitrogens with zero attached hydrogens (tertiary/aromatic N) is 5. The van der Waals surface area contributed by atoms with Gasteiger partial charge in [-0.15, -0.1) is 11.3 Å². The molecular weight excluding hydrogens is 518 g/mol. The zero-order valence-corrected chi connectivity index (χ0v) is 20.2. The lowest BCUT2D eigenvalue weighted by atomic mass is 10.0. The Bertz CT molecular complexity index is 1390. The monoisotopic (exact) mass is 539 g/mol. The molecule has 0 saturated carbocycles. The Balaban J connectivity index is 1.45. The van der Waals surface area contributed by atoms with E-state index in [1.807, 2.05) is 11.9 Å². The molecule has 1 saturated heterocycles. The number of carbonyl (C=O) groups excluding carboxylic acids is 1. The molecule has 10 nitrogen and oxygen atoms in total. The normalized spacial score (nSPS) is 18.8. The smallest absolute Gasteiger partial charge is 0.378 e. The largest absolute Gasteiger partial charge is 0.393 e. The third kappa shape index (κ3) is 5.56. The molecule has 15 heteroatoms. The van der Waals surface area contributed by atoms with Crippen molar-refractivity contribution in [1.29, 1.82) is 0 Å². The molecule has 37 heavy (non-hydrogen) atoms. The third-order valence-electron chi connectivity index (χ3n) is 5.95. The van der Waals surface area contributed by atoms with Crippen LogP contribution in [0, 0.1) is 0 Å². The predicted octanol–water partition coefficient (Wildman–Crippen LogP) is 3.82. The van der Waals surface area contributed by atoms with Crippen molar-refractivity contribution in [3.05, 3.63) is 41.5 Å². The summed E-state index contributed by atoms with van der Waals surface area (Å²) in [6.07, 6.45) is -5.13. The third-order valence-corrected chi connectivity index (χ3v) is 7.22. The predicted molar refractivity (Wildman–Crippen MR) is 125 cm³/mol. The maximum Gasteiger partial charge on any atom is 0.393 e. The topological polar surface area (TPSA) is 122 Å². The van der Waals surface area contributed by atoms with Gasteiger partial charge in [0, 0.05) is 13.1 Å². The molecule has 1 aliphatic heterocycles. The molecular formula is C22H21F4N7O3S. The molecule has 2 N–H and O–H groups in total. The lowest BCUT2D eigenvalue weighted by Gasteiger charge is -2.33. The van der Waals surface area contributed by atoms with Gasteiger partial charge in [0.1, 0.15) is 12.4 Å². The van der Waals surface area contributed by atoms with Crippen LogP contribution in [0.1, 0.15) is 28.4 Å². The van der Waals surface area contributed by atoms with Gasteiger partial charge in [-0.25, -0.2) is 9.02 Å². The van der Waals surface area contributed by atoms with E-state index in [1.54, 1.807) is 18.2 Å². The van der Waals surface area contributed by atoms with E-state index in [4.69, 9.17) is 4.52 Å². The summed E-state index contributed by atoms with van der Waals surface area (Å²) >= 11 is 1.07. The van der Waals surface area contributed by atoms with Gasteiger partial charge in [0.15, 0.2) is 5.69 Å². The fourth-order valence-corrected chi connectivity index (χ4v) is 5.41. The summed E-state index contributed by atoms with van der Waals surface area (Å²) in [7, 11) is 1.84. The number of alkyl halides is 4. The average molecular weight is 540 g/mol. The van der Waals surface area contributed by atoms with Crippen LogP contribution in [0.15, 0.2) is 33.5 Å². The van der Waals surface area contributed by atoms with Crippen LogP contribution in [0.4, 0.5) is 23.2 Å². The van der Waals surface area contributed by atoms with Crippen molar-refractivity contribution >= 4 is 33.0 Å². The Labute approximate surface area is 211 Å². The molecule has 0 unspecified atom stereocenters. The van der Waals surface area contributed by atoms with Crippen LogP contribution < -0.4 is 10.6 Å². The SMILES string of the molecule is CN1CC[C@@H](Nc2cccc3c(CC(F)(F)F)c(-c4noc(CNC(=O)c5cnon5)n4)sc23)[C@@H](F)C1. The number of amides is 1. The number of fused-ring (bicyclic) bond motifs is 1. The molecule has 3 aromatic heterocycles. The number of hydrogen-bond donors (Lipinski definition) is 2. The van der Waals surface area contributed by atoms with Crippen molar-refractivity contribution in [2.75, 3.05) is 25.5 Å². The molecule has 196 valence electrons. The van der Waals surface area contributed by atoms with Gasteiger partial charge in [0.25, 0.3) is 5.91 Å². The van der Waals surface area contributed by atoms with Crippen molar-refractivity contribution in [2.24, 2.45) is 0 Å². The highest BCUT2D eigenvalue weighted by Gasteiger charge is 2.33. The minimum absolute atomic E-state index is 0.00128. The minimum atomic E-state index is -4.49. The molecule has 0 radical (unpaired) electrons. The molecule has 5 rings (SSSR count). The molecule has 1 aromatic carbocycles. The van der Waals surface area contributed by atoms with E-state index in [1.165, 1.54) is 0 Å². The van der Waals surface area contributed by atoms with Gasteiger partial charge in [0.2, 0.25) is 11.7 Å². The second-order valence-electron chi connectivity index (χ2n) is 8.69. The number of anilines is 1. The van der Waals surface area contributed by atoms with E-state index in [0.29, 0.717) is 28.7 Å². The first-order chi connectivity index (χ1) is 17.7. The van der Waals surface area contributed by atoms with Gasteiger partial charge in [0.05, 0.1) is 34.3 Å². The molecule has 0 spiro atoms. The number of hydrogen-bond acceptors (Lipinski definition) is 10. The van der Waals surface area contributed by atoms with E-state index in [-0.39, 0.29) is 40.9 Å². The lowest BCUT2D eigenvalue weighted by molar-refractivity contribution is -0.126. The summed E-state index contributed by atoms with van der Waals surface area (Å²) in [5.41, 5.74) is 0.491. The first-order valence-corrected chi connectivity index (χ1v) is 12.1. The van der Waals surface area contributed by atoms with Crippen molar-refractivity contribution in [2.45, 2.75) is 37.8 Å². The summed E-state index contributed by atoms with van der Waals surface area (Å²) in [5.74, 6) is -0.655. The van der Waals surface area contributed by atoms with Crippen LogP contribution in [-0.4, -0.2) is 69.8 Å². The van der Waals surface area contributed by atoms with E-state index in [9.17, 15) is 22.4 Å². The Morgan fingerprint density at radius 1 is 1.30 bits per heavy atom. The molecule has 1 amide bonds. The fraction of sp³-hybridized carbons (Fsp3) is 0.409. The molecule has 0 bridgehead atoms. The van der Waals surface area contributed by atoms with Crippen molar-refractivity contribution in [3.8, 4) is 10.7 Å². The number of likely N-dealkylation sites (tertiary alicyclic amines) is 1. The second-order valence-corrected chi connectivity index (χ2v) is 9.71. The van der Waals surface area contributed by atoms with Gasteiger partial charge < -0.3 is 20.1 Å². The zero-order chi connectivity index (χ0) is 26.2. The standard InChI is InChI=1S/C22H21F4N7O3S/c1-33-6-5-14(13(23)10-33)29-15-4-2-3-11-12(7-22(24,25)26)19(37-18(11)15)20-30-17(35-32-20)9-27-21(34)16-8-28-36-31-16/h2-4,8,13-14,29H,5-7,9-10H2,1H3,(H,27,34)/t13-,14+/m0/s1. The lowest BCUT2D eigenvalue weighted by Crippen LogP contribution is -2.46. The summed E-state index contributed by atoms with van der Waals surface area (Å²) < 4.78 is 65.4. The van der Waals surface area contributed by atoms with Crippen LogP contribution in [0.25, 0.3) is 20.8 Å². The molecule has 4 aromatic rings. The summed E-state index contributed by atoms with van der Waals surface area (Å²) in [5, 5.41) is 16.7. The number of halogens is 4. The van der Waals surface area contributed by atoms with Crippen LogP contribution in [0.5, 0.6) is 0 Å². The van der Waals surface area contributed by atoms with Gasteiger partial charge in [-0.05, 0) is 35.6 Å². The van der Waals surface area contributed by atoms with E-state index < -0.39 is 30.7 Å². The summed E-state index contributed by atoms with van der Waals surface area (Å²) in [4.78, 5) is 18.3. The second kappa shape index (κ2) is 10.0. The maximum absolute atomic E-state index is 14.7. The molecule has 0 aliphatic carbocycles. The number of thiophene rings is 1. The number of nitrogens with one attached hydrogen (secondary N) is 2. The van der Waals surface area contributed by atoms with Crippen molar-refractivity contribution in [1.82, 2.24) is 30.7 Å². The van der Waals surface area contributed by atoms with Crippen molar-refractivity contribution < 1.29 is 31.5 Å². The van der Waals surface area contributed by atoms with E-state index in [2.05, 4.69) is 35.7 Å². The Morgan fingerprint density at radius 2 is 2.14 bits per heavy atom. The molecule has 1 fully saturated rings. The maximum atomic E-state index is 14.7. The fourth-order valence-electron chi connectivity index (χ4n) is 4.19. The Hall–Kier alpha value is -3.59.